The Labute approximate surface area is 71.0 Å². The molecule has 72 valence electrons. The molecule has 12 heavy (non-hydrogen) atoms. The van der Waals surface area contributed by atoms with Gasteiger partial charge in [-0.1, -0.05) is 6.92 Å². The van der Waals surface area contributed by atoms with Crippen LogP contribution in [0.1, 0.15) is 20.3 Å². The number of nitrogens with zero attached hydrogens (tertiary/aromatic N) is 1. The molecule has 0 aliphatic heterocycles. The SMILES string of the molecule is CC/C(N)=C(\C(F)F)N(N)CC. The van der Waals surface area contributed by atoms with Crippen molar-refractivity contribution in [3.8, 4) is 0 Å². The summed E-state index contributed by atoms with van der Waals surface area (Å²) >= 11 is 0. The fourth-order valence-electron chi connectivity index (χ4n) is 0.801. The second-order valence-electron chi connectivity index (χ2n) is 2.35. The molecular formula is C7H15F2N3. The fourth-order valence-corrected chi connectivity index (χ4v) is 0.801. The van der Waals surface area contributed by atoms with Gasteiger partial charge in [0.05, 0.1) is 0 Å². The molecule has 0 spiro atoms. The number of allylic oxidation sites excluding steroid dienone is 2. The summed E-state index contributed by atoms with van der Waals surface area (Å²) in [7, 11) is 0. The molecule has 0 radical (unpaired) electrons. The number of halogens is 2. The minimum Gasteiger partial charge on any atom is -0.400 e. The highest BCUT2D eigenvalue weighted by Gasteiger charge is 2.18. The van der Waals surface area contributed by atoms with Gasteiger partial charge < -0.3 is 10.7 Å². The Hall–Kier alpha value is -0.840. The van der Waals surface area contributed by atoms with Gasteiger partial charge >= 0.3 is 0 Å². The van der Waals surface area contributed by atoms with Crippen molar-refractivity contribution in [3.05, 3.63) is 11.4 Å². The molecule has 0 bridgehead atoms. The monoisotopic (exact) mass is 179 g/mol. The molecule has 0 unspecified atom stereocenters. The molecule has 5 heteroatoms. The van der Waals surface area contributed by atoms with Crippen molar-refractivity contribution in [1.29, 1.82) is 0 Å². The van der Waals surface area contributed by atoms with E-state index in [9.17, 15) is 8.78 Å². The zero-order chi connectivity index (χ0) is 9.72. The molecule has 0 heterocycles. The topological polar surface area (TPSA) is 55.3 Å². The number of rotatable bonds is 4. The lowest BCUT2D eigenvalue weighted by molar-refractivity contribution is 0.139. The van der Waals surface area contributed by atoms with E-state index in [4.69, 9.17) is 11.6 Å². The third-order valence-corrected chi connectivity index (χ3v) is 1.57. The lowest BCUT2D eigenvalue weighted by Gasteiger charge is -2.21. The van der Waals surface area contributed by atoms with Crippen molar-refractivity contribution in [2.24, 2.45) is 11.6 Å². The third kappa shape index (κ3) is 2.65. The average molecular weight is 179 g/mol. The Balaban J connectivity index is 4.65. The maximum atomic E-state index is 12.3. The first-order valence-corrected chi connectivity index (χ1v) is 3.83. The predicted octanol–water partition coefficient (Wildman–Crippen LogP) is 1.03. The van der Waals surface area contributed by atoms with Crippen LogP contribution in [0.5, 0.6) is 0 Å². The Morgan fingerprint density at radius 1 is 1.42 bits per heavy atom. The van der Waals surface area contributed by atoms with E-state index in [0.29, 0.717) is 13.0 Å². The third-order valence-electron chi connectivity index (χ3n) is 1.57. The van der Waals surface area contributed by atoms with Crippen LogP contribution in [0.4, 0.5) is 8.78 Å². The molecule has 0 fully saturated rings. The number of nitrogens with two attached hydrogens (primary N) is 2. The summed E-state index contributed by atoms with van der Waals surface area (Å²) in [5.41, 5.74) is 5.26. The highest BCUT2D eigenvalue weighted by Crippen LogP contribution is 2.14. The molecule has 0 aromatic heterocycles. The zero-order valence-corrected chi connectivity index (χ0v) is 7.35. The molecule has 0 atom stereocenters. The zero-order valence-electron chi connectivity index (χ0n) is 7.35. The van der Waals surface area contributed by atoms with Crippen LogP contribution in [-0.4, -0.2) is 18.0 Å². The largest absolute Gasteiger partial charge is 0.400 e. The summed E-state index contributed by atoms with van der Waals surface area (Å²) < 4.78 is 24.6. The minimum atomic E-state index is -2.60. The van der Waals surface area contributed by atoms with Crippen LogP contribution >= 0.6 is 0 Å². The average Bonchev–Trinajstić information content (AvgIpc) is 2.03. The van der Waals surface area contributed by atoms with Gasteiger partial charge in [-0.25, -0.2) is 14.6 Å². The minimum absolute atomic E-state index is 0.148. The molecule has 0 aromatic carbocycles. The molecule has 0 amide bonds. The predicted molar refractivity (Wildman–Crippen MR) is 44.1 cm³/mol. The Bertz CT molecular complexity index is 168. The summed E-state index contributed by atoms with van der Waals surface area (Å²) in [5.74, 6) is 5.31. The van der Waals surface area contributed by atoms with Crippen LogP contribution in [0.15, 0.2) is 11.4 Å². The number of hydrogen-bond acceptors (Lipinski definition) is 3. The fraction of sp³-hybridized carbons (Fsp3) is 0.714. The highest BCUT2D eigenvalue weighted by molar-refractivity contribution is 5.11. The van der Waals surface area contributed by atoms with E-state index in [-0.39, 0.29) is 11.4 Å². The van der Waals surface area contributed by atoms with E-state index in [1.807, 2.05) is 0 Å². The van der Waals surface area contributed by atoms with Gasteiger partial charge in [0.2, 0.25) is 0 Å². The number of hydrazine groups is 1. The van der Waals surface area contributed by atoms with Gasteiger partial charge in [0.1, 0.15) is 5.70 Å². The second-order valence-corrected chi connectivity index (χ2v) is 2.35. The first-order valence-electron chi connectivity index (χ1n) is 3.83. The van der Waals surface area contributed by atoms with Gasteiger partial charge in [-0.15, -0.1) is 0 Å². The second kappa shape index (κ2) is 4.92. The Morgan fingerprint density at radius 3 is 2.17 bits per heavy atom. The molecule has 0 saturated carbocycles. The van der Waals surface area contributed by atoms with Crippen molar-refractivity contribution in [1.82, 2.24) is 5.01 Å². The number of hydrogen-bond donors (Lipinski definition) is 2. The van der Waals surface area contributed by atoms with Crippen LogP contribution in [0, 0.1) is 0 Å². The Kier molecular flexibility index (Phi) is 4.58. The summed E-state index contributed by atoms with van der Waals surface area (Å²) in [6.07, 6.45) is -2.22. The summed E-state index contributed by atoms with van der Waals surface area (Å²) in [6.45, 7) is 3.72. The van der Waals surface area contributed by atoms with Gasteiger partial charge in [0, 0.05) is 12.2 Å². The molecule has 0 saturated heterocycles. The summed E-state index contributed by atoms with van der Waals surface area (Å²) in [4.78, 5) is 0. The van der Waals surface area contributed by atoms with Crippen LogP contribution in [-0.2, 0) is 0 Å². The lowest BCUT2D eigenvalue weighted by Crippen LogP contribution is -2.35. The van der Waals surface area contributed by atoms with E-state index in [1.165, 1.54) is 0 Å². The molecular weight excluding hydrogens is 164 g/mol. The van der Waals surface area contributed by atoms with Gasteiger partial charge in [-0.2, -0.15) is 0 Å². The highest BCUT2D eigenvalue weighted by atomic mass is 19.3. The number of alkyl halides is 2. The normalized spacial score (nSPS) is 13.2. The summed E-state index contributed by atoms with van der Waals surface area (Å²) in [5, 5.41) is 0.976. The van der Waals surface area contributed by atoms with Gasteiger partial charge in [0.25, 0.3) is 6.43 Å². The van der Waals surface area contributed by atoms with Crippen LogP contribution in [0.3, 0.4) is 0 Å². The quantitative estimate of drug-likeness (QED) is 0.500. The lowest BCUT2D eigenvalue weighted by atomic mass is 10.2. The van der Waals surface area contributed by atoms with Crippen molar-refractivity contribution < 1.29 is 8.78 Å². The van der Waals surface area contributed by atoms with Crippen molar-refractivity contribution in [2.45, 2.75) is 26.7 Å². The van der Waals surface area contributed by atoms with Gasteiger partial charge in [-0.05, 0) is 13.3 Å². The smallest absolute Gasteiger partial charge is 0.281 e. The standard InChI is InChI=1S/C7H15F2N3/c1-3-5(10)6(7(8)9)12(11)4-2/h7H,3-4,10-11H2,1-2H3/b6-5-. The van der Waals surface area contributed by atoms with E-state index in [1.54, 1.807) is 13.8 Å². The first-order chi connectivity index (χ1) is 5.54. The van der Waals surface area contributed by atoms with E-state index < -0.39 is 6.43 Å². The van der Waals surface area contributed by atoms with Crippen molar-refractivity contribution in [3.63, 3.8) is 0 Å². The van der Waals surface area contributed by atoms with Crippen LogP contribution in [0.2, 0.25) is 0 Å². The van der Waals surface area contributed by atoms with Crippen LogP contribution < -0.4 is 11.6 Å². The van der Waals surface area contributed by atoms with Gasteiger partial charge in [0.15, 0.2) is 0 Å². The van der Waals surface area contributed by atoms with E-state index in [0.717, 1.165) is 5.01 Å². The Morgan fingerprint density at radius 2 is 1.92 bits per heavy atom. The first kappa shape index (κ1) is 11.2. The molecule has 0 aromatic rings. The van der Waals surface area contributed by atoms with E-state index in [2.05, 4.69) is 0 Å². The molecule has 0 aliphatic carbocycles. The summed E-state index contributed by atoms with van der Waals surface area (Å²) in [6, 6.07) is 0. The molecule has 3 nitrogen and oxygen atoms in total. The van der Waals surface area contributed by atoms with Gasteiger partial charge in [-0.3, -0.25) is 0 Å². The van der Waals surface area contributed by atoms with Crippen molar-refractivity contribution in [2.75, 3.05) is 6.54 Å². The maximum absolute atomic E-state index is 12.3. The van der Waals surface area contributed by atoms with Crippen molar-refractivity contribution >= 4 is 0 Å². The van der Waals surface area contributed by atoms with E-state index >= 15 is 0 Å². The van der Waals surface area contributed by atoms with Crippen LogP contribution in [0.25, 0.3) is 0 Å². The molecule has 0 aliphatic rings. The maximum Gasteiger partial charge on any atom is 0.281 e. The molecule has 4 N–H and O–H groups in total. The molecule has 0 rings (SSSR count).